The third kappa shape index (κ3) is 2.66. The summed E-state index contributed by atoms with van der Waals surface area (Å²) in [6.07, 6.45) is 0. The van der Waals surface area contributed by atoms with Crippen LogP contribution in [0, 0.1) is 13.8 Å². The molecule has 4 nitrogen and oxygen atoms in total. The van der Waals surface area contributed by atoms with Gasteiger partial charge in [-0.05, 0) is 49.2 Å². The van der Waals surface area contributed by atoms with Crippen molar-refractivity contribution in [2.24, 2.45) is 0 Å². The fourth-order valence-corrected chi connectivity index (χ4v) is 2.82. The van der Waals surface area contributed by atoms with Crippen LogP contribution in [0.25, 0.3) is 22.6 Å². The summed E-state index contributed by atoms with van der Waals surface area (Å²) >= 11 is 0. The van der Waals surface area contributed by atoms with E-state index in [2.05, 4.69) is 4.98 Å². The average Bonchev–Trinajstić information content (AvgIpc) is 2.83. The zero-order valence-corrected chi connectivity index (χ0v) is 13.0. The molecule has 21 heavy (non-hydrogen) atoms. The summed E-state index contributed by atoms with van der Waals surface area (Å²) in [6, 6.07) is 10.3. The molecule has 3 rings (SSSR count). The molecule has 0 amide bonds. The first kappa shape index (κ1) is 14.1. The van der Waals surface area contributed by atoms with Crippen LogP contribution in [-0.4, -0.2) is 13.4 Å². The quantitative estimate of drug-likeness (QED) is 0.668. The van der Waals surface area contributed by atoms with Gasteiger partial charge in [-0.15, -0.1) is 0 Å². The van der Waals surface area contributed by atoms with Gasteiger partial charge in [0.2, 0.25) is 5.89 Å². The minimum absolute atomic E-state index is 0.000506. The highest BCUT2D eigenvalue weighted by Gasteiger charge is 2.14. The van der Waals surface area contributed by atoms with E-state index in [0.717, 1.165) is 11.1 Å². The molecule has 0 saturated carbocycles. The summed E-state index contributed by atoms with van der Waals surface area (Å²) in [4.78, 5) is 4.37. The first-order valence-electron chi connectivity index (χ1n) is 6.27. The number of hydrogen-bond acceptors (Lipinski definition) is 4. The molecule has 0 spiro atoms. The predicted octanol–water partition coefficient (Wildman–Crippen LogP) is 4.04. The summed E-state index contributed by atoms with van der Waals surface area (Å²) in [5.41, 5.74) is 4.16. The summed E-state index contributed by atoms with van der Waals surface area (Å²) in [5, 5.41) is 0. The lowest BCUT2D eigenvalue weighted by Crippen LogP contribution is -1.88. The van der Waals surface area contributed by atoms with Crippen molar-refractivity contribution in [1.29, 1.82) is 0 Å². The Morgan fingerprint density at radius 3 is 2.48 bits per heavy atom. The molecule has 0 radical (unpaired) electrons. The molecular weight excluding hydrogens is 310 g/mol. The zero-order valence-electron chi connectivity index (χ0n) is 11.4. The minimum Gasteiger partial charge on any atom is -0.436 e. The molecule has 0 unspecified atom stereocenters. The molecule has 0 saturated heterocycles. The highest BCUT2D eigenvalue weighted by atomic mass is 35.7. The van der Waals surface area contributed by atoms with E-state index in [-0.39, 0.29) is 4.90 Å². The Hall–Kier alpha value is -1.85. The van der Waals surface area contributed by atoms with E-state index in [9.17, 15) is 8.42 Å². The molecule has 0 aliphatic rings. The van der Waals surface area contributed by atoms with Crippen LogP contribution in [0.5, 0.6) is 0 Å². The lowest BCUT2D eigenvalue weighted by Gasteiger charge is -2.01. The number of aryl methyl sites for hydroxylation is 2. The molecule has 0 aliphatic heterocycles. The fourth-order valence-electron chi connectivity index (χ4n) is 2.05. The Morgan fingerprint density at radius 2 is 1.81 bits per heavy atom. The van der Waals surface area contributed by atoms with Gasteiger partial charge < -0.3 is 4.42 Å². The molecule has 3 aromatic rings. The molecular formula is C15H12ClNO3S. The van der Waals surface area contributed by atoms with Gasteiger partial charge in [0.25, 0.3) is 9.05 Å². The maximum absolute atomic E-state index is 11.3. The van der Waals surface area contributed by atoms with Crippen LogP contribution in [0.3, 0.4) is 0 Å². The summed E-state index contributed by atoms with van der Waals surface area (Å²) in [6.45, 7) is 4.04. The van der Waals surface area contributed by atoms with Crippen molar-refractivity contribution in [2.45, 2.75) is 18.7 Å². The minimum atomic E-state index is -3.78. The van der Waals surface area contributed by atoms with E-state index in [1.807, 2.05) is 32.0 Å². The van der Waals surface area contributed by atoms with Crippen molar-refractivity contribution in [3.8, 4) is 11.5 Å². The Labute approximate surface area is 126 Å². The molecule has 0 bridgehead atoms. The van der Waals surface area contributed by atoms with E-state index >= 15 is 0 Å². The number of nitrogens with zero attached hydrogens (tertiary/aromatic N) is 1. The lowest BCUT2D eigenvalue weighted by molar-refractivity contribution is 0.606. The summed E-state index contributed by atoms with van der Waals surface area (Å²) < 4.78 is 28.3. The van der Waals surface area contributed by atoms with Crippen molar-refractivity contribution in [3.05, 3.63) is 47.5 Å². The third-order valence-electron chi connectivity index (χ3n) is 3.40. The van der Waals surface area contributed by atoms with Crippen LogP contribution in [0.1, 0.15) is 11.1 Å². The van der Waals surface area contributed by atoms with Crippen LogP contribution in [-0.2, 0) is 9.05 Å². The van der Waals surface area contributed by atoms with Crippen LogP contribution in [0.4, 0.5) is 0 Å². The topological polar surface area (TPSA) is 60.2 Å². The second-order valence-corrected chi connectivity index (χ2v) is 7.45. The smallest absolute Gasteiger partial charge is 0.261 e. The Balaban J connectivity index is 2.14. The Morgan fingerprint density at radius 1 is 1.05 bits per heavy atom. The van der Waals surface area contributed by atoms with Gasteiger partial charge in [-0.1, -0.05) is 6.07 Å². The largest absolute Gasteiger partial charge is 0.436 e. The van der Waals surface area contributed by atoms with E-state index in [1.54, 1.807) is 6.07 Å². The van der Waals surface area contributed by atoms with E-state index in [4.69, 9.17) is 15.1 Å². The normalized spacial score (nSPS) is 12.0. The number of aromatic nitrogens is 1. The van der Waals surface area contributed by atoms with Crippen molar-refractivity contribution in [1.82, 2.24) is 4.98 Å². The number of halogens is 1. The first-order valence-corrected chi connectivity index (χ1v) is 8.58. The number of fused-ring (bicyclic) bond motifs is 1. The van der Waals surface area contributed by atoms with Crippen molar-refractivity contribution < 1.29 is 12.8 Å². The van der Waals surface area contributed by atoms with Gasteiger partial charge in [0, 0.05) is 22.3 Å². The number of oxazole rings is 1. The third-order valence-corrected chi connectivity index (χ3v) is 4.75. The standard InChI is InChI=1S/C15H12ClNO3S/c1-9-3-4-11(7-10(9)2)15-17-13-6-5-12(21(16,18)19)8-14(13)20-15/h3-8H,1-2H3. The molecule has 1 aromatic heterocycles. The van der Waals surface area contributed by atoms with Crippen molar-refractivity contribution in [3.63, 3.8) is 0 Å². The molecule has 6 heteroatoms. The SMILES string of the molecule is Cc1ccc(-c2nc3ccc(S(=O)(=O)Cl)cc3o2)cc1C. The second kappa shape index (κ2) is 4.86. The van der Waals surface area contributed by atoms with Gasteiger partial charge in [0.1, 0.15) is 5.52 Å². The van der Waals surface area contributed by atoms with Gasteiger partial charge in [0.15, 0.2) is 5.58 Å². The molecule has 108 valence electrons. The van der Waals surface area contributed by atoms with Crippen LogP contribution >= 0.6 is 10.7 Å². The highest BCUT2D eigenvalue weighted by molar-refractivity contribution is 8.13. The Bertz CT molecular complexity index is 945. The second-order valence-electron chi connectivity index (χ2n) is 4.89. The highest BCUT2D eigenvalue weighted by Crippen LogP contribution is 2.28. The predicted molar refractivity (Wildman–Crippen MR) is 82.0 cm³/mol. The van der Waals surface area contributed by atoms with Crippen molar-refractivity contribution in [2.75, 3.05) is 0 Å². The molecule has 0 fully saturated rings. The van der Waals surface area contributed by atoms with Crippen LogP contribution in [0.2, 0.25) is 0 Å². The molecule has 0 N–H and O–H groups in total. The fraction of sp³-hybridized carbons (Fsp3) is 0.133. The van der Waals surface area contributed by atoms with Crippen LogP contribution in [0.15, 0.2) is 45.7 Å². The van der Waals surface area contributed by atoms with E-state index < -0.39 is 9.05 Å². The van der Waals surface area contributed by atoms with Gasteiger partial charge >= 0.3 is 0 Å². The van der Waals surface area contributed by atoms with Gasteiger partial charge in [-0.2, -0.15) is 0 Å². The zero-order chi connectivity index (χ0) is 15.2. The maximum Gasteiger partial charge on any atom is 0.261 e. The van der Waals surface area contributed by atoms with Gasteiger partial charge in [-0.25, -0.2) is 13.4 Å². The molecule has 0 atom stereocenters. The number of benzene rings is 2. The number of rotatable bonds is 2. The van der Waals surface area contributed by atoms with E-state index in [1.165, 1.54) is 17.7 Å². The number of hydrogen-bond donors (Lipinski definition) is 0. The monoisotopic (exact) mass is 321 g/mol. The van der Waals surface area contributed by atoms with Crippen LogP contribution < -0.4 is 0 Å². The van der Waals surface area contributed by atoms with Crippen molar-refractivity contribution >= 4 is 30.8 Å². The van der Waals surface area contributed by atoms with Gasteiger partial charge in [-0.3, -0.25) is 0 Å². The molecule has 2 aromatic carbocycles. The first-order chi connectivity index (χ1) is 9.84. The van der Waals surface area contributed by atoms with Gasteiger partial charge in [0.05, 0.1) is 4.90 Å². The Kier molecular flexibility index (Phi) is 3.26. The summed E-state index contributed by atoms with van der Waals surface area (Å²) in [5.74, 6) is 0.456. The average molecular weight is 322 g/mol. The lowest BCUT2D eigenvalue weighted by atomic mass is 10.1. The molecule has 1 heterocycles. The molecule has 0 aliphatic carbocycles. The maximum atomic E-state index is 11.3. The van der Waals surface area contributed by atoms with E-state index in [0.29, 0.717) is 17.0 Å². The summed E-state index contributed by atoms with van der Waals surface area (Å²) in [7, 11) is 1.55.